The number of rotatable bonds is 5. The predicted octanol–water partition coefficient (Wildman–Crippen LogP) is 3.95. The van der Waals surface area contributed by atoms with Crippen molar-refractivity contribution < 1.29 is 19.1 Å². The van der Waals surface area contributed by atoms with Crippen LogP contribution in [0.5, 0.6) is 5.75 Å². The molecule has 3 rings (SSSR count). The molecule has 3 aromatic carbocycles. The molecule has 0 fully saturated rings. The van der Waals surface area contributed by atoms with E-state index in [1.165, 1.54) is 7.11 Å². The summed E-state index contributed by atoms with van der Waals surface area (Å²) in [5.74, 6) is -0.0908. The summed E-state index contributed by atoms with van der Waals surface area (Å²) >= 11 is 0. The fourth-order valence-electron chi connectivity index (χ4n) is 2.75. The third kappa shape index (κ3) is 3.67. The molecule has 0 saturated heterocycles. The maximum atomic E-state index is 12.3. The lowest BCUT2D eigenvalue weighted by Crippen LogP contribution is -2.21. The average Bonchev–Trinajstić information content (AvgIpc) is 2.67. The molecular formula is C21H19NO4. The highest BCUT2D eigenvalue weighted by atomic mass is 16.5. The topological polar surface area (TPSA) is 64.6 Å². The summed E-state index contributed by atoms with van der Waals surface area (Å²) in [4.78, 5) is 24.0. The molecule has 1 amide bonds. The van der Waals surface area contributed by atoms with E-state index in [1.54, 1.807) is 25.1 Å². The van der Waals surface area contributed by atoms with Gasteiger partial charge in [0, 0.05) is 11.1 Å². The van der Waals surface area contributed by atoms with Gasteiger partial charge in [-0.15, -0.1) is 0 Å². The highest BCUT2D eigenvalue weighted by Gasteiger charge is 2.14. The second-order valence-electron chi connectivity index (χ2n) is 5.78. The van der Waals surface area contributed by atoms with Crippen LogP contribution in [0.25, 0.3) is 10.8 Å². The molecule has 0 bridgehead atoms. The molecule has 26 heavy (non-hydrogen) atoms. The maximum absolute atomic E-state index is 12.3. The standard InChI is InChI=1S/C21H19NO4/c1-14-16(21(24)25-2)10-6-11-18(14)22-20(23)13-26-19-12-5-8-15-7-3-4-9-17(15)19/h3-12H,13H2,1-2H3,(H,22,23). The largest absolute Gasteiger partial charge is 0.483 e. The number of nitrogens with one attached hydrogen (secondary N) is 1. The van der Waals surface area contributed by atoms with Gasteiger partial charge in [0.25, 0.3) is 5.91 Å². The van der Waals surface area contributed by atoms with Crippen molar-refractivity contribution in [1.82, 2.24) is 0 Å². The molecule has 0 saturated carbocycles. The number of ether oxygens (including phenoxy) is 2. The first kappa shape index (κ1) is 17.5. The molecule has 5 heteroatoms. The average molecular weight is 349 g/mol. The lowest BCUT2D eigenvalue weighted by Gasteiger charge is -2.12. The van der Waals surface area contributed by atoms with Gasteiger partial charge in [0.05, 0.1) is 12.7 Å². The molecule has 0 aromatic heterocycles. The minimum Gasteiger partial charge on any atom is -0.483 e. The number of esters is 1. The van der Waals surface area contributed by atoms with Gasteiger partial charge in [-0.05, 0) is 36.1 Å². The second kappa shape index (κ2) is 7.70. The van der Waals surface area contributed by atoms with Crippen LogP contribution in [0.4, 0.5) is 5.69 Å². The predicted molar refractivity (Wildman–Crippen MR) is 101 cm³/mol. The quantitative estimate of drug-likeness (QED) is 0.708. The minimum absolute atomic E-state index is 0.129. The second-order valence-corrected chi connectivity index (χ2v) is 5.78. The van der Waals surface area contributed by atoms with E-state index in [9.17, 15) is 9.59 Å². The zero-order valence-electron chi connectivity index (χ0n) is 14.6. The van der Waals surface area contributed by atoms with Gasteiger partial charge in [0.1, 0.15) is 5.75 Å². The molecule has 3 aromatic rings. The smallest absolute Gasteiger partial charge is 0.338 e. The molecule has 0 spiro atoms. The fraction of sp³-hybridized carbons (Fsp3) is 0.143. The molecule has 0 aliphatic heterocycles. The number of hydrogen-bond acceptors (Lipinski definition) is 4. The van der Waals surface area contributed by atoms with E-state index in [-0.39, 0.29) is 12.5 Å². The number of hydrogen-bond donors (Lipinski definition) is 1. The first-order chi connectivity index (χ1) is 12.6. The van der Waals surface area contributed by atoms with Gasteiger partial charge in [-0.1, -0.05) is 42.5 Å². The van der Waals surface area contributed by atoms with Crippen molar-refractivity contribution in [3.63, 3.8) is 0 Å². The van der Waals surface area contributed by atoms with Crippen LogP contribution in [0.1, 0.15) is 15.9 Å². The van der Waals surface area contributed by atoms with E-state index in [0.29, 0.717) is 22.6 Å². The Balaban J connectivity index is 1.71. The van der Waals surface area contributed by atoms with Crippen molar-refractivity contribution >= 4 is 28.3 Å². The van der Waals surface area contributed by atoms with Gasteiger partial charge < -0.3 is 14.8 Å². The van der Waals surface area contributed by atoms with Crippen LogP contribution < -0.4 is 10.1 Å². The number of carbonyl (C=O) groups excluding carboxylic acids is 2. The number of amides is 1. The molecule has 0 aliphatic carbocycles. The van der Waals surface area contributed by atoms with E-state index in [1.807, 2.05) is 42.5 Å². The third-order valence-corrected chi connectivity index (χ3v) is 4.12. The Morgan fingerprint density at radius 1 is 0.962 bits per heavy atom. The van der Waals surface area contributed by atoms with Crippen LogP contribution in [0.15, 0.2) is 60.7 Å². The molecule has 0 unspecified atom stereocenters. The normalized spacial score (nSPS) is 10.4. The number of anilines is 1. The van der Waals surface area contributed by atoms with E-state index in [2.05, 4.69) is 5.32 Å². The SMILES string of the molecule is COC(=O)c1cccc(NC(=O)COc2cccc3ccccc23)c1C. The van der Waals surface area contributed by atoms with Crippen LogP contribution >= 0.6 is 0 Å². The highest BCUT2D eigenvalue weighted by molar-refractivity contribution is 5.97. The first-order valence-corrected chi connectivity index (χ1v) is 8.18. The summed E-state index contributed by atoms with van der Waals surface area (Å²) in [7, 11) is 1.32. The summed E-state index contributed by atoms with van der Waals surface area (Å²) in [6, 6.07) is 18.6. The lowest BCUT2D eigenvalue weighted by atomic mass is 10.1. The van der Waals surface area contributed by atoms with Crippen LogP contribution in [-0.4, -0.2) is 25.6 Å². The molecule has 0 radical (unpaired) electrons. The van der Waals surface area contributed by atoms with Gasteiger partial charge in [-0.3, -0.25) is 4.79 Å². The molecular weight excluding hydrogens is 330 g/mol. The lowest BCUT2D eigenvalue weighted by molar-refractivity contribution is -0.118. The Kier molecular flexibility index (Phi) is 5.17. The number of methoxy groups -OCH3 is 1. The molecule has 0 aliphatic rings. The Labute approximate surface area is 151 Å². The Morgan fingerprint density at radius 2 is 1.69 bits per heavy atom. The molecule has 5 nitrogen and oxygen atoms in total. The van der Waals surface area contributed by atoms with Crippen molar-refractivity contribution in [2.45, 2.75) is 6.92 Å². The maximum Gasteiger partial charge on any atom is 0.338 e. The summed E-state index contributed by atoms with van der Waals surface area (Å²) in [5.41, 5.74) is 1.62. The van der Waals surface area contributed by atoms with Crippen LogP contribution in [0.3, 0.4) is 0 Å². The summed E-state index contributed by atoms with van der Waals surface area (Å²) in [5, 5.41) is 4.77. The molecule has 1 N–H and O–H groups in total. The third-order valence-electron chi connectivity index (χ3n) is 4.12. The molecule has 0 atom stereocenters. The van der Waals surface area contributed by atoms with Crippen molar-refractivity contribution in [2.75, 3.05) is 19.0 Å². The molecule has 132 valence electrons. The van der Waals surface area contributed by atoms with E-state index < -0.39 is 5.97 Å². The fourth-order valence-corrected chi connectivity index (χ4v) is 2.75. The van der Waals surface area contributed by atoms with Gasteiger partial charge in [-0.2, -0.15) is 0 Å². The summed E-state index contributed by atoms with van der Waals surface area (Å²) < 4.78 is 10.4. The van der Waals surface area contributed by atoms with Crippen molar-refractivity contribution in [3.05, 3.63) is 71.8 Å². The zero-order valence-corrected chi connectivity index (χ0v) is 14.6. The number of benzene rings is 3. The van der Waals surface area contributed by atoms with Gasteiger partial charge in [-0.25, -0.2) is 4.79 Å². The van der Waals surface area contributed by atoms with Crippen LogP contribution in [0.2, 0.25) is 0 Å². The highest BCUT2D eigenvalue weighted by Crippen LogP contribution is 2.25. The van der Waals surface area contributed by atoms with Gasteiger partial charge >= 0.3 is 5.97 Å². The van der Waals surface area contributed by atoms with E-state index in [4.69, 9.17) is 9.47 Å². The minimum atomic E-state index is -0.439. The van der Waals surface area contributed by atoms with Crippen molar-refractivity contribution in [3.8, 4) is 5.75 Å². The summed E-state index contributed by atoms with van der Waals surface area (Å²) in [6.45, 7) is 1.63. The van der Waals surface area contributed by atoms with E-state index in [0.717, 1.165) is 10.8 Å². The van der Waals surface area contributed by atoms with E-state index >= 15 is 0 Å². The van der Waals surface area contributed by atoms with Gasteiger partial charge in [0.15, 0.2) is 6.61 Å². The van der Waals surface area contributed by atoms with Gasteiger partial charge in [0.2, 0.25) is 0 Å². The Morgan fingerprint density at radius 3 is 2.50 bits per heavy atom. The zero-order chi connectivity index (χ0) is 18.5. The monoisotopic (exact) mass is 349 g/mol. The Bertz CT molecular complexity index is 960. The molecule has 0 heterocycles. The van der Waals surface area contributed by atoms with Crippen molar-refractivity contribution in [1.29, 1.82) is 0 Å². The van der Waals surface area contributed by atoms with Crippen LogP contribution in [0, 0.1) is 6.92 Å². The van der Waals surface area contributed by atoms with Crippen LogP contribution in [-0.2, 0) is 9.53 Å². The first-order valence-electron chi connectivity index (χ1n) is 8.18. The number of carbonyl (C=O) groups is 2. The number of fused-ring (bicyclic) bond motifs is 1. The Hall–Kier alpha value is -3.34. The van der Waals surface area contributed by atoms with Crippen molar-refractivity contribution in [2.24, 2.45) is 0 Å². The summed E-state index contributed by atoms with van der Waals surface area (Å²) in [6.07, 6.45) is 0.